The van der Waals surface area contributed by atoms with Gasteiger partial charge in [-0.25, -0.2) is 0 Å². The quantitative estimate of drug-likeness (QED) is 0.837. The molecule has 20 heavy (non-hydrogen) atoms. The van der Waals surface area contributed by atoms with Crippen LogP contribution in [0.4, 0.5) is 0 Å². The lowest BCUT2D eigenvalue weighted by Crippen LogP contribution is -2.34. The lowest BCUT2D eigenvalue weighted by molar-refractivity contribution is 0.378. The van der Waals surface area contributed by atoms with Crippen molar-refractivity contribution in [3.05, 3.63) is 35.4 Å². The van der Waals surface area contributed by atoms with Gasteiger partial charge in [0.25, 0.3) is 0 Å². The van der Waals surface area contributed by atoms with Crippen molar-refractivity contribution in [1.82, 2.24) is 10.7 Å². The predicted octanol–water partition coefficient (Wildman–Crippen LogP) is 3.09. The number of hydrogen-bond acceptors (Lipinski definition) is 4. The van der Waals surface area contributed by atoms with E-state index in [9.17, 15) is 0 Å². The van der Waals surface area contributed by atoms with Gasteiger partial charge in [-0.3, -0.25) is 5.43 Å². The van der Waals surface area contributed by atoms with Gasteiger partial charge < -0.3 is 5.32 Å². The van der Waals surface area contributed by atoms with E-state index in [1.54, 1.807) is 0 Å². The second-order valence-electron chi connectivity index (χ2n) is 6.76. The maximum atomic E-state index is 3.92. The maximum absolute atomic E-state index is 3.92. The molecule has 0 saturated heterocycles. The average molecular weight is 274 g/mol. The number of nitrogens with zero attached hydrogens (tertiary/aromatic N) is 2. The molecule has 1 unspecified atom stereocenters. The summed E-state index contributed by atoms with van der Waals surface area (Å²) in [7, 11) is 0. The van der Waals surface area contributed by atoms with Gasteiger partial charge in [-0.1, -0.05) is 50.3 Å². The van der Waals surface area contributed by atoms with Gasteiger partial charge in [0.1, 0.15) is 0 Å². The average Bonchev–Trinajstić information content (AvgIpc) is 2.90. The van der Waals surface area contributed by atoms with Crippen molar-refractivity contribution < 1.29 is 0 Å². The SMILES string of the molecule is CC(C)(C)CCc1ccc(CNCC2CN=NN2)cc1. The van der Waals surface area contributed by atoms with Crippen molar-refractivity contribution in [3.63, 3.8) is 0 Å². The third-order valence-corrected chi connectivity index (χ3v) is 3.52. The highest BCUT2D eigenvalue weighted by Crippen LogP contribution is 2.21. The second-order valence-corrected chi connectivity index (χ2v) is 6.76. The summed E-state index contributed by atoms with van der Waals surface area (Å²) in [6, 6.07) is 9.30. The molecule has 0 radical (unpaired) electrons. The van der Waals surface area contributed by atoms with Gasteiger partial charge in [-0.05, 0) is 29.4 Å². The molecule has 2 N–H and O–H groups in total. The Bertz CT molecular complexity index is 423. The Hall–Kier alpha value is -1.42. The minimum atomic E-state index is 0.348. The molecule has 0 aromatic heterocycles. The fraction of sp³-hybridized carbons (Fsp3) is 0.625. The van der Waals surface area contributed by atoms with Crippen LogP contribution in [0.3, 0.4) is 0 Å². The topological polar surface area (TPSA) is 48.8 Å². The Balaban J connectivity index is 1.70. The van der Waals surface area contributed by atoms with E-state index >= 15 is 0 Å². The molecular formula is C16H26N4. The van der Waals surface area contributed by atoms with Crippen LogP contribution in [-0.2, 0) is 13.0 Å². The molecule has 0 spiro atoms. The lowest BCUT2D eigenvalue weighted by Gasteiger charge is -2.17. The zero-order valence-electron chi connectivity index (χ0n) is 12.8. The standard InChI is InChI=1S/C16H26N4/c1-16(2,3)9-8-13-4-6-14(7-5-13)10-17-11-15-12-18-20-19-15/h4-7,15,17H,8-12H2,1-3H3,(H,18,19). The molecule has 0 bridgehead atoms. The van der Waals surface area contributed by atoms with E-state index in [0.717, 1.165) is 26.1 Å². The number of hydrogen-bond donors (Lipinski definition) is 2. The first kappa shape index (κ1) is 15.0. The van der Waals surface area contributed by atoms with E-state index < -0.39 is 0 Å². The van der Waals surface area contributed by atoms with Gasteiger partial charge in [0.15, 0.2) is 0 Å². The van der Waals surface area contributed by atoms with Crippen molar-refractivity contribution >= 4 is 0 Å². The van der Waals surface area contributed by atoms with E-state index in [0.29, 0.717) is 11.5 Å². The highest BCUT2D eigenvalue weighted by atomic mass is 15.5. The summed E-state index contributed by atoms with van der Waals surface area (Å²) in [6.45, 7) is 9.46. The van der Waals surface area contributed by atoms with Crippen LogP contribution in [0.2, 0.25) is 0 Å². The van der Waals surface area contributed by atoms with E-state index in [1.165, 1.54) is 17.5 Å². The predicted molar refractivity (Wildman–Crippen MR) is 82.6 cm³/mol. The van der Waals surface area contributed by atoms with Crippen molar-refractivity contribution in [1.29, 1.82) is 0 Å². The Morgan fingerprint density at radius 3 is 2.50 bits per heavy atom. The number of rotatable bonds is 6. The fourth-order valence-electron chi connectivity index (χ4n) is 2.15. The summed E-state index contributed by atoms with van der Waals surface area (Å²) in [5.74, 6) is 0. The van der Waals surface area contributed by atoms with Gasteiger partial charge in [-0.15, -0.1) is 0 Å². The molecular weight excluding hydrogens is 248 g/mol. The molecule has 0 saturated carbocycles. The van der Waals surface area contributed by atoms with Crippen molar-refractivity contribution in [2.45, 2.75) is 46.2 Å². The first-order valence-corrected chi connectivity index (χ1v) is 7.43. The largest absolute Gasteiger partial charge is 0.310 e. The first-order valence-electron chi connectivity index (χ1n) is 7.43. The van der Waals surface area contributed by atoms with Crippen molar-refractivity contribution in [2.75, 3.05) is 13.1 Å². The van der Waals surface area contributed by atoms with Crippen LogP contribution in [0.5, 0.6) is 0 Å². The smallest absolute Gasteiger partial charge is 0.0851 e. The lowest BCUT2D eigenvalue weighted by atomic mass is 9.88. The van der Waals surface area contributed by atoms with Crippen LogP contribution in [0, 0.1) is 5.41 Å². The molecule has 1 aromatic rings. The second kappa shape index (κ2) is 6.84. The van der Waals surface area contributed by atoms with E-state index in [1.807, 2.05) is 0 Å². The van der Waals surface area contributed by atoms with Crippen LogP contribution >= 0.6 is 0 Å². The highest BCUT2D eigenvalue weighted by Gasteiger charge is 2.11. The van der Waals surface area contributed by atoms with Gasteiger partial charge >= 0.3 is 0 Å². The van der Waals surface area contributed by atoms with E-state index in [2.05, 4.69) is 66.1 Å². The van der Waals surface area contributed by atoms with Gasteiger partial charge in [0.2, 0.25) is 0 Å². The maximum Gasteiger partial charge on any atom is 0.0851 e. The summed E-state index contributed by atoms with van der Waals surface area (Å²) in [5, 5.41) is 11.1. The molecule has 2 rings (SSSR count). The number of aryl methyl sites for hydroxylation is 1. The molecule has 1 atom stereocenters. The molecule has 0 amide bonds. The summed E-state index contributed by atoms with van der Waals surface area (Å²) < 4.78 is 0. The zero-order valence-corrected chi connectivity index (χ0v) is 12.8. The highest BCUT2D eigenvalue weighted by molar-refractivity contribution is 5.22. The Kier molecular flexibility index (Phi) is 5.12. The van der Waals surface area contributed by atoms with Gasteiger partial charge in [0.05, 0.1) is 12.6 Å². The third-order valence-electron chi connectivity index (χ3n) is 3.52. The molecule has 1 aliphatic heterocycles. The number of nitrogens with one attached hydrogen (secondary N) is 2. The van der Waals surface area contributed by atoms with Crippen LogP contribution < -0.4 is 10.7 Å². The third kappa shape index (κ3) is 5.29. The molecule has 0 aliphatic carbocycles. The molecule has 1 aromatic carbocycles. The monoisotopic (exact) mass is 274 g/mol. The zero-order chi connectivity index (χ0) is 14.4. The van der Waals surface area contributed by atoms with Crippen molar-refractivity contribution in [3.8, 4) is 0 Å². The van der Waals surface area contributed by atoms with Gasteiger partial charge in [-0.2, -0.15) is 5.11 Å². The normalized spacial score (nSPS) is 18.2. The molecule has 1 heterocycles. The van der Waals surface area contributed by atoms with Crippen LogP contribution in [-0.4, -0.2) is 19.1 Å². The Morgan fingerprint density at radius 1 is 1.20 bits per heavy atom. The van der Waals surface area contributed by atoms with Crippen LogP contribution in [0.15, 0.2) is 34.6 Å². The summed E-state index contributed by atoms with van der Waals surface area (Å²) in [4.78, 5) is 0. The minimum Gasteiger partial charge on any atom is -0.310 e. The Labute approximate surface area is 122 Å². The van der Waals surface area contributed by atoms with E-state index in [-0.39, 0.29) is 0 Å². The number of benzene rings is 1. The molecule has 0 fully saturated rings. The minimum absolute atomic E-state index is 0.348. The Morgan fingerprint density at radius 2 is 1.90 bits per heavy atom. The molecule has 1 aliphatic rings. The molecule has 4 nitrogen and oxygen atoms in total. The first-order chi connectivity index (χ1) is 9.53. The van der Waals surface area contributed by atoms with Gasteiger partial charge in [0, 0.05) is 13.1 Å². The molecule has 110 valence electrons. The summed E-state index contributed by atoms with van der Waals surface area (Å²) in [6.07, 6.45) is 2.39. The molecule has 4 heteroatoms. The summed E-state index contributed by atoms with van der Waals surface area (Å²) in [5.41, 5.74) is 6.15. The van der Waals surface area contributed by atoms with Crippen molar-refractivity contribution in [2.24, 2.45) is 15.8 Å². The fourth-order valence-corrected chi connectivity index (χ4v) is 2.15. The van der Waals surface area contributed by atoms with Crippen LogP contribution in [0.25, 0.3) is 0 Å². The summed E-state index contributed by atoms with van der Waals surface area (Å²) >= 11 is 0. The van der Waals surface area contributed by atoms with E-state index in [4.69, 9.17) is 0 Å². The van der Waals surface area contributed by atoms with Crippen LogP contribution in [0.1, 0.15) is 38.3 Å².